The summed E-state index contributed by atoms with van der Waals surface area (Å²) in [7, 11) is 0. The Morgan fingerprint density at radius 2 is 2.14 bits per heavy atom. The van der Waals surface area contributed by atoms with E-state index in [0.717, 1.165) is 34.3 Å². The van der Waals surface area contributed by atoms with Gasteiger partial charge in [0, 0.05) is 40.4 Å². The van der Waals surface area contributed by atoms with Gasteiger partial charge in [0.2, 0.25) is 0 Å². The minimum atomic E-state index is -0.841. The van der Waals surface area contributed by atoms with Crippen molar-refractivity contribution in [3.63, 3.8) is 0 Å². The van der Waals surface area contributed by atoms with Crippen LogP contribution in [0.2, 0.25) is 0 Å². The second-order valence-electron chi connectivity index (χ2n) is 8.05. The molecule has 0 saturated heterocycles. The van der Waals surface area contributed by atoms with E-state index in [2.05, 4.69) is 24.9 Å². The number of ether oxygens (including phenoxy) is 1. The summed E-state index contributed by atoms with van der Waals surface area (Å²) in [5.74, 6) is -0.142. The lowest BCUT2D eigenvalue weighted by molar-refractivity contribution is -0.137. The highest BCUT2D eigenvalue weighted by molar-refractivity contribution is 6.20. The average molecular weight is 390 g/mol. The molecule has 6 nitrogen and oxygen atoms in total. The third-order valence-electron chi connectivity index (χ3n) is 5.85. The summed E-state index contributed by atoms with van der Waals surface area (Å²) in [5.41, 5.74) is 4.32. The zero-order chi connectivity index (χ0) is 20.8. The van der Waals surface area contributed by atoms with Gasteiger partial charge in [-0.05, 0) is 36.6 Å². The number of H-pyrrole nitrogens is 1. The molecule has 0 aliphatic heterocycles. The summed E-state index contributed by atoms with van der Waals surface area (Å²) < 4.78 is 5.75. The molecule has 2 aliphatic carbocycles. The topological polar surface area (TPSA) is 103 Å². The van der Waals surface area contributed by atoms with Gasteiger partial charge in [-0.2, -0.15) is 5.26 Å². The molecule has 1 aromatic carbocycles. The van der Waals surface area contributed by atoms with Gasteiger partial charge in [0.05, 0.1) is 29.6 Å². The Morgan fingerprint density at radius 3 is 2.86 bits per heavy atom. The number of nitriles is 1. The maximum atomic E-state index is 13.4. The lowest BCUT2D eigenvalue weighted by Crippen LogP contribution is -2.32. The van der Waals surface area contributed by atoms with E-state index in [1.807, 2.05) is 12.1 Å². The first-order chi connectivity index (χ1) is 13.8. The quantitative estimate of drug-likeness (QED) is 0.738. The molecule has 6 heteroatoms. The number of rotatable bonds is 5. The molecule has 0 bridgehead atoms. The SMILES string of the molecule is CC1(C)C2=C(C=C(OCCCC(=O)O)CC2)C(=O)c2c1[nH]c1cc(C#N)ccc21. The molecule has 1 aromatic heterocycles. The average Bonchev–Trinajstić information content (AvgIpc) is 3.09. The predicted octanol–water partition coefficient (Wildman–Crippen LogP) is 4.37. The van der Waals surface area contributed by atoms with Gasteiger partial charge in [0.1, 0.15) is 0 Å². The Labute approximate surface area is 168 Å². The van der Waals surface area contributed by atoms with Crippen LogP contribution in [0, 0.1) is 11.3 Å². The van der Waals surface area contributed by atoms with Crippen molar-refractivity contribution in [1.82, 2.24) is 4.98 Å². The van der Waals surface area contributed by atoms with Crippen LogP contribution in [0.4, 0.5) is 0 Å². The van der Waals surface area contributed by atoms with Crippen LogP contribution in [-0.4, -0.2) is 28.4 Å². The van der Waals surface area contributed by atoms with Crippen molar-refractivity contribution in [2.75, 3.05) is 6.61 Å². The second-order valence-corrected chi connectivity index (χ2v) is 8.05. The van der Waals surface area contributed by atoms with Crippen molar-refractivity contribution < 1.29 is 19.4 Å². The van der Waals surface area contributed by atoms with Crippen LogP contribution in [0.1, 0.15) is 61.1 Å². The van der Waals surface area contributed by atoms with Gasteiger partial charge < -0.3 is 14.8 Å². The smallest absolute Gasteiger partial charge is 0.303 e. The minimum absolute atomic E-state index is 0.0309. The number of allylic oxidation sites excluding steroid dienone is 4. The Balaban J connectivity index is 1.71. The van der Waals surface area contributed by atoms with Crippen molar-refractivity contribution in [1.29, 1.82) is 5.26 Å². The fourth-order valence-electron chi connectivity index (χ4n) is 4.35. The lowest BCUT2D eigenvalue weighted by atomic mass is 9.68. The summed E-state index contributed by atoms with van der Waals surface area (Å²) in [6.45, 7) is 4.55. The monoisotopic (exact) mass is 390 g/mol. The number of benzene rings is 1. The Kier molecular flexibility index (Phi) is 4.54. The van der Waals surface area contributed by atoms with Crippen LogP contribution in [-0.2, 0) is 14.9 Å². The first-order valence-corrected chi connectivity index (χ1v) is 9.72. The zero-order valence-corrected chi connectivity index (χ0v) is 16.5. The minimum Gasteiger partial charge on any atom is -0.498 e. The highest BCUT2D eigenvalue weighted by Crippen LogP contribution is 2.47. The number of carbonyl (C=O) groups excluding carboxylic acids is 1. The maximum absolute atomic E-state index is 13.4. The number of Topliss-reactive ketones (excluding diaryl/α,β-unsaturated/α-hetero) is 1. The number of carboxylic acid groups (broad SMARTS) is 1. The Hall–Kier alpha value is -3.33. The number of carboxylic acids is 1. The fourth-order valence-corrected chi connectivity index (χ4v) is 4.35. The number of carbonyl (C=O) groups is 2. The Bertz CT molecular complexity index is 1140. The zero-order valence-electron chi connectivity index (χ0n) is 16.5. The number of hydrogen-bond acceptors (Lipinski definition) is 4. The van der Waals surface area contributed by atoms with Gasteiger partial charge in [0.25, 0.3) is 0 Å². The number of hydrogen-bond donors (Lipinski definition) is 2. The first kappa shape index (κ1) is 19.0. The van der Waals surface area contributed by atoms with E-state index in [0.29, 0.717) is 36.1 Å². The molecule has 4 rings (SSSR count). The van der Waals surface area contributed by atoms with Gasteiger partial charge >= 0.3 is 5.97 Å². The first-order valence-electron chi connectivity index (χ1n) is 9.72. The standard InChI is InChI=1S/C23H22N2O4/c1-23(2)17-8-6-14(29-9-3-4-19(26)27)11-16(17)21(28)20-15-7-5-13(12-24)10-18(15)25-22(20)23/h5,7,10-11,25H,3-4,6,8-9H2,1-2H3,(H,26,27). The molecule has 0 unspecified atom stereocenters. The normalized spacial score (nSPS) is 17.4. The number of ketones is 1. The highest BCUT2D eigenvalue weighted by Gasteiger charge is 2.41. The van der Waals surface area contributed by atoms with Gasteiger partial charge in [-0.15, -0.1) is 0 Å². The van der Waals surface area contributed by atoms with Crippen LogP contribution >= 0.6 is 0 Å². The lowest BCUT2D eigenvalue weighted by Gasteiger charge is -2.36. The van der Waals surface area contributed by atoms with Crippen molar-refractivity contribution in [3.8, 4) is 6.07 Å². The van der Waals surface area contributed by atoms with Gasteiger partial charge in [-0.3, -0.25) is 9.59 Å². The van der Waals surface area contributed by atoms with Crippen LogP contribution < -0.4 is 0 Å². The van der Waals surface area contributed by atoms with E-state index in [4.69, 9.17) is 9.84 Å². The molecular weight excluding hydrogens is 368 g/mol. The van der Waals surface area contributed by atoms with Crippen LogP contribution in [0.15, 0.2) is 41.2 Å². The van der Waals surface area contributed by atoms with Crippen LogP contribution in [0.3, 0.4) is 0 Å². The number of aromatic amines is 1. The molecule has 0 atom stereocenters. The largest absolute Gasteiger partial charge is 0.498 e. The van der Waals surface area contributed by atoms with Gasteiger partial charge in [-0.1, -0.05) is 19.9 Å². The van der Waals surface area contributed by atoms with E-state index in [9.17, 15) is 14.9 Å². The summed E-state index contributed by atoms with van der Waals surface area (Å²) in [6.07, 6.45) is 3.74. The third kappa shape index (κ3) is 3.13. The van der Waals surface area contributed by atoms with E-state index in [1.54, 1.807) is 12.1 Å². The molecule has 0 radical (unpaired) electrons. The van der Waals surface area contributed by atoms with E-state index in [-0.39, 0.29) is 17.6 Å². The molecule has 0 saturated carbocycles. The molecule has 29 heavy (non-hydrogen) atoms. The van der Waals surface area contributed by atoms with E-state index in [1.165, 1.54) is 0 Å². The molecule has 1 heterocycles. The van der Waals surface area contributed by atoms with Gasteiger partial charge in [-0.25, -0.2) is 0 Å². The van der Waals surface area contributed by atoms with E-state index >= 15 is 0 Å². The predicted molar refractivity (Wildman–Crippen MR) is 108 cm³/mol. The summed E-state index contributed by atoms with van der Waals surface area (Å²) >= 11 is 0. The molecule has 0 fully saturated rings. The van der Waals surface area contributed by atoms with Crippen molar-refractivity contribution in [2.24, 2.45) is 0 Å². The van der Waals surface area contributed by atoms with Crippen molar-refractivity contribution in [3.05, 3.63) is 58.0 Å². The van der Waals surface area contributed by atoms with Crippen LogP contribution in [0.25, 0.3) is 10.9 Å². The number of aliphatic carboxylic acids is 1. The molecule has 2 N–H and O–H groups in total. The molecule has 2 aromatic rings. The second kappa shape index (κ2) is 6.93. The summed E-state index contributed by atoms with van der Waals surface area (Å²) in [4.78, 5) is 27.5. The molecular formula is C23H22N2O4. The maximum Gasteiger partial charge on any atom is 0.303 e. The number of nitrogens with one attached hydrogen (secondary N) is 1. The molecule has 148 valence electrons. The highest BCUT2D eigenvalue weighted by atomic mass is 16.5. The summed E-state index contributed by atoms with van der Waals surface area (Å²) in [5, 5.41) is 18.7. The molecule has 0 amide bonds. The number of fused-ring (bicyclic) bond motifs is 3. The number of nitrogens with zero attached hydrogens (tertiary/aromatic N) is 1. The van der Waals surface area contributed by atoms with Crippen LogP contribution in [0.5, 0.6) is 0 Å². The van der Waals surface area contributed by atoms with Crippen molar-refractivity contribution >= 4 is 22.7 Å². The fraction of sp³-hybridized carbons (Fsp3) is 0.348. The molecule has 2 aliphatic rings. The summed E-state index contributed by atoms with van der Waals surface area (Å²) in [6, 6.07) is 7.48. The van der Waals surface area contributed by atoms with Gasteiger partial charge in [0.15, 0.2) is 5.78 Å². The number of aromatic nitrogens is 1. The van der Waals surface area contributed by atoms with E-state index < -0.39 is 5.97 Å². The van der Waals surface area contributed by atoms with Crippen molar-refractivity contribution in [2.45, 2.75) is 44.9 Å². The third-order valence-corrected chi connectivity index (χ3v) is 5.85. The molecule has 0 spiro atoms. The Morgan fingerprint density at radius 1 is 1.34 bits per heavy atom.